The summed E-state index contributed by atoms with van der Waals surface area (Å²) in [6.07, 6.45) is 0. The van der Waals surface area contributed by atoms with Crippen molar-refractivity contribution in [3.63, 3.8) is 0 Å². The number of hydrogen-bond donors (Lipinski definition) is 1. The number of likely N-dealkylation sites (N-methyl/N-ethyl adjacent to an activating group) is 1. The van der Waals surface area contributed by atoms with Crippen LogP contribution in [-0.4, -0.2) is 50.6 Å². The van der Waals surface area contributed by atoms with Crippen LogP contribution < -0.4 is 10.1 Å². The number of hydrogen-bond acceptors (Lipinski definition) is 4. The summed E-state index contributed by atoms with van der Waals surface area (Å²) in [5, 5.41) is 11.9. The largest absolute Gasteiger partial charge is 0.496 e. The number of urea groups is 1. The standard InChI is InChI=1S/C21H26N4O2/c1-24(2)19(18-7-5-6-8-20(18)27-4)14-23-21(26)25(3)15-17-11-9-16(13-22)10-12-17/h5-12,19H,14-15H2,1-4H3,(H,23,26). The Balaban J connectivity index is 1.99. The summed E-state index contributed by atoms with van der Waals surface area (Å²) in [6.45, 7) is 0.933. The zero-order valence-corrected chi connectivity index (χ0v) is 16.3. The van der Waals surface area contributed by atoms with Crippen molar-refractivity contribution < 1.29 is 9.53 Å². The average molecular weight is 366 g/mol. The Hall–Kier alpha value is -3.04. The SMILES string of the molecule is COc1ccccc1C(CNC(=O)N(C)Cc1ccc(C#N)cc1)N(C)C. The Morgan fingerprint density at radius 3 is 2.41 bits per heavy atom. The first-order chi connectivity index (χ1) is 13.0. The fourth-order valence-corrected chi connectivity index (χ4v) is 2.86. The second-order valence-corrected chi connectivity index (χ2v) is 6.57. The molecule has 27 heavy (non-hydrogen) atoms. The molecule has 2 amide bonds. The van der Waals surface area contributed by atoms with E-state index in [1.807, 2.05) is 50.5 Å². The lowest BCUT2D eigenvalue weighted by Crippen LogP contribution is -2.41. The van der Waals surface area contributed by atoms with Crippen LogP contribution in [0.4, 0.5) is 4.79 Å². The Kier molecular flexibility index (Phi) is 7.21. The molecule has 0 aromatic heterocycles. The van der Waals surface area contributed by atoms with E-state index in [9.17, 15) is 4.79 Å². The van der Waals surface area contributed by atoms with E-state index in [4.69, 9.17) is 10.00 Å². The molecule has 1 unspecified atom stereocenters. The van der Waals surface area contributed by atoms with Crippen LogP contribution in [0, 0.1) is 11.3 Å². The van der Waals surface area contributed by atoms with Crippen LogP contribution in [0.15, 0.2) is 48.5 Å². The molecule has 0 fully saturated rings. The van der Waals surface area contributed by atoms with Crippen LogP contribution in [0.25, 0.3) is 0 Å². The minimum atomic E-state index is -0.152. The summed E-state index contributed by atoms with van der Waals surface area (Å²) in [4.78, 5) is 16.2. The predicted molar refractivity (Wildman–Crippen MR) is 105 cm³/mol. The van der Waals surface area contributed by atoms with Crippen molar-refractivity contribution in [2.75, 3.05) is 34.8 Å². The van der Waals surface area contributed by atoms with Crippen LogP contribution in [0.1, 0.15) is 22.7 Å². The molecular weight excluding hydrogens is 340 g/mol. The van der Waals surface area contributed by atoms with E-state index in [0.717, 1.165) is 16.9 Å². The van der Waals surface area contributed by atoms with Crippen LogP contribution in [0.3, 0.4) is 0 Å². The number of methoxy groups -OCH3 is 1. The lowest BCUT2D eigenvalue weighted by Gasteiger charge is -2.27. The zero-order valence-electron chi connectivity index (χ0n) is 16.3. The van der Waals surface area contributed by atoms with Gasteiger partial charge in [-0.15, -0.1) is 0 Å². The molecular formula is C21H26N4O2. The van der Waals surface area contributed by atoms with Gasteiger partial charge in [-0.2, -0.15) is 5.26 Å². The molecule has 0 radical (unpaired) electrons. The first-order valence-electron chi connectivity index (χ1n) is 8.73. The van der Waals surface area contributed by atoms with Gasteiger partial charge in [0.25, 0.3) is 0 Å². The predicted octanol–water partition coefficient (Wildman–Crippen LogP) is 3.01. The van der Waals surface area contributed by atoms with Crippen molar-refractivity contribution in [3.05, 3.63) is 65.2 Å². The number of nitriles is 1. The first kappa shape index (κ1) is 20.3. The molecule has 0 heterocycles. The van der Waals surface area contributed by atoms with Gasteiger partial charge in [0.1, 0.15) is 5.75 Å². The van der Waals surface area contributed by atoms with E-state index in [-0.39, 0.29) is 12.1 Å². The Morgan fingerprint density at radius 1 is 1.15 bits per heavy atom. The van der Waals surface area contributed by atoms with Gasteiger partial charge in [-0.1, -0.05) is 30.3 Å². The first-order valence-corrected chi connectivity index (χ1v) is 8.73. The number of benzene rings is 2. The molecule has 0 aliphatic carbocycles. The number of nitrogens with one attached hydrogen (secondary N) is 1. The summed E-state index contributed by atoms with van der Waals surface area (Å²) < 4.78 is 5.46. The maximum absolute atomic E-state index is 12.5. The van der Waals surface area contributed by atoms with Gasteiger partial charge in [0.2, 0.25) is 0 Å². The monoisotopic (exact) mass is 366 g/mol. The highest BCUT2D eigenvalue weighted by molar-refractivity contribution is 5.74. The van der Waals surface area contributed by atoms with Gasteiger partial charge < -0.3 is 19.9 Å². The molecule has 1 atom stereocenters. The summed E-state index contributed by atoms with van der Waals surface area (Å²) >= 11 is 0. The highest BCUT2D eigenvalue weighted by Crippen LogP contribution is 2.27. The number of nitrogens with zero attached hydrogens (tertiary/aromatic N) is 3. The summed E-state index contributed by atoms with van der Waals surface area (Å²) in [6, 6.07) is 17.0. The molecule has 0 saturated heterocycles. The van der Waals surface area contributed by atoms with Crippen LogP contribution in [0.5, 0.6) is 5.75 Å². The van der Waals surface area contributed by atoms with Crippen LogP contribution >= 0.6 is 0 Å². The Bertz CT molecular complexity index is 797. The van der Waals surface area contributed by atoms with Crippen LogP contribution in [0.2, 0.25) is 0 Å². The molecule has 2 aromatic rings. The third-order valence-electron chi connectivity index (χ3n) is 4.42. The van der Waals surface area contributed by atoms with Crippen molar-refractivity contribution in [2.24, 2.45) is 0 Å². The van der Waals surface area contributed by atoms with Crippen LogP contribution in [-0.2, 0) is 6.54 Å². The maximum Gasteiger partial charge on any atom is 0.317 e. The molecule has 1 N–H and O–H groups in total. The Morgan fingerprint density at radius 2 is 1.81 bits per heavy atom. The minimum Gasteiger partial charge on any atom is -0.496 e. The molecule has 6 nitrogen and oxygen atoms in total. The lowest BCUT2D eigenvalue weighted by atomic mass is 10.0. The third kappa shape index (κ3) is 5.47. The van der Waals surface area contributed by atoms with Crippen molar-refractivity contribution >= 4 is 6.03 Å². The van der Waals surface area contributed by atoms with Gasteiger partial charge in [0.05, 0.1) is 24.8 Å². The summed E-state index contributed by atoms with van der Waals surface area (Å²) in [7, 11) is 7.35. The van der Waals surface area contributed by atoms with Crippen molar-refractivity contribution in [3.8, 4) is 11.8 Å². The number of ether oxygens (including phenoxy) is 1. The van der Waals surface area contributed by atoms with Gasteiger partial charge in [-0.05, 0) is 37.9 Å². The highest BCUT2D eigenvalue weighted by Gasteiger charge is 2.20. The molecule has 0 bridgehead atoms. The van der Waals surface area contributed by atoms with Gasteiger partial charge in [0.15, 0.2) is 0 Å². The molecule has 2 rings (SSSR count). The zero-order chi connectivity index (χ0) is 19.8. The van der Waals surface area contributed by atoms with Gasteiger partial charge in [-0.25, -0.2) is 4.79 Å². The third-order valence-corrected chi connectivity index (χ3v) is 4.42. The summed E-state index contributed by atoms with van der Waals surface area (Å²) in [5.41, 5.74) is 2.61. The normalized spacial score (nSPS) is 11.6. The van der Waals surface area contributed by atoms with E-state index in [1.54, 1.807) is 31.2 Å². The topological polar surface area (TPSA) is 68.6 Å². The molecule has 142 valence electrons. The van der Waals surface area contributed by atoms with Crippen molar-refractivity contribution in [2.45, 2.75) is 12.6 Å². The quantitative estimate of drug-likeness (QED) is 0.818. The maximum atomic E-state index is 12.5. The summed E-state index contributed by atoms with van der Waals surface area (Å²) in [5.74, 6) is 0.802. The Labute approximate surface area is 161 Å². The van der Waals surface area contributed by atoms with Crippen molar-refractivity contribution in [1.82, 2.24) is 15.1 Å². The lowest BCUT2D eigenvalue weighted by molar-refractivity contribution is 0.200. The smallest absolute Gasteiger partial charge is 0.317 e. The highest BCUT2D eigenvalue weighted by atomic mass is 16.5. The van der Waals surface area contributed by atoms with Gasteiger partial charge >= 0.3 is 6.03 Å². The number of para-hydroxylation sites is 1. The molecule has 0 aliphatic heterocycles. The van der Waals surface area contributed by atoms with E-state index in [0.29, 0.717) is 18.7 Å². The van der Waals surface area contributed by atoms with Crippen molar-refractivity contribution in [1.29, 1.82) is 5.26 Å². The number of amides is 2. The second-order valence-electron chi connectivity index (χ2n) is 6.57. The molecule has 2 aromatic carbocycles. The van der Waals surface area contributed by atoms with E-state index in [2.05, 4.69) is 16.3 Å². The van der Waals surface area contributed by atoms with Gasteiger partial charge in [-0.3, -0.25) is 0 Å². The number of carbonyl (C=O) groups excluding carboxylic acids is 1. The minimum absolute atomic E-state index is 0.00610. The van der Waals surface area contributed by atoms with E-state index >= 15 is 0 Å². The molecule has 6 heteroatoms. The number of carbonyl (C=O) groups is 1. The number of rotatable bonds is 7. The fourth-order valence-electron chi connectivity index (χ4n) is 2.86. The second kappa shape index (κ2) is 9.60. The van der Waals surface area contributed by atoms with E-state index in [1.165, 1.54) is 0 Å². The van der Waals surface area contributed by atoms with E-state index < -0.39 is 0 Å². The molecule has 0 saturated carbocycles. The average Bonchev–Trinajstić information content (AvgIpc) is 2.68. The van der Waals surface area contributed by atoms with Gasteiger partial charge in [0, 0.05) is 25.7 Å². The molecule has 0 spiro atoms. The fraction of sp³-hybridized carbons (Fsp3) is 0.333. The molecule has 0 aliphatic rings.